The Bertz CT molecular complexity index is 941. The molecule has 7 nitrogen and oxygen atoms in total. The maximum absolute atomic E-state index is 10.7. The summed E-state index contributed by atoms with van der Waals surface area (Å²) in [4.78, 5) is 10.2. The summed E-state index contributed by atoms with van der Waals surface area (Å²) in [6, 6.07) is 19.0. The first-order chi connectivity index (χ1) is 13.0. The van der Waals surface area contributed by atoms with Crippen LogP contribution in [0.1, 0.15) is 0 Å². The molecule has 0 aliphatic rings. The molecular formula is C19H14N2O5S. The van der Waals surface area contributed by atoms with Crippen LogP contribution in [0.25, 0.3) is 0 Å². The first kappa shape index (κ1) is 18.2. The second kappa shape index (κ2) is 8.15. The van der Waals surface area contributed by atoms with Gasteiger partial charge in [-0.1, -0.05) is 0 Å². The van der Waals surface area contributed by atoms with Gasteiger partial charge < -0.3 is 19.9 Å². The van der Waals surface area contributed by atoms with Crippen molar-refractivity contribution in [2.75, 3.05) is 5.32 Å². The van der Waals surface area contributed by atoms with Crippen molar-refractivity contribution < 1.29 is 19.5 Å². The number of nitro benzene ring substituents is 1. The van der Waals surface area contributed by atoms with Crippen LogP contribution < -0.4 is 14.8 Å². The molecule has 3 aromatic carbocycles. The fourth-order valence-corrected chi connectivity index (χ4v) is 2.36. The number of hydrogen-bond acceptors (Lipinski definition) is 6. The van der Waals surface area contributed by atoms with Gasteiger partial charge in [-0.3, -0.25) is 10.1 Å². The van der Waals surface area contributed by atoms with Gasteiger partial charge in [0, 0.05) is 17.8 Å². The minimum absolute atomic E-state index is 0.00374. The highest BCUT2D eigenvalue weighted by molar-refractivity contribution is 7.80. The first-order valence-electron chi connectivity index (χ1n) is 7.80. The van der Waals surface area contributed by atoms with E-state index in [1.54, 1.807) is 36.4 Å². The van der Waals surface area contributed by atoms with E-state index >= 15 is 0 Å². The van der Waals surface area contributed by atoms with Gasteiger partial charge in [0.15, 0.2) is 0 Å². The van der Waals surface area contributed by atoms with Crippen molar-refractivity contribution in [1.82, 2.24) is 0 Å². The molecule has 0 saturated carbocycles. The largest absolute Gasteiger partial charge is 0.508 e. The van der Waals surface area contributed by atoms with Crippen LogP contribution in [0, 0.1) is 10.1 Å². The van der Waals surface area contributed by atoms with Crippen molar-refractivity contribution in [2.24, 2.45) is 0 Å². The Morgan fingerprint density at radius 2 is 1.41 bits per heavy atom. The Morgan fingerprint density at radius 1 is 0.889 bits per heavy atom. The second-order valence-corrected chi connectivity index (χ2v) is 5.76. The lowest BCUT2D eigenvalue weighted by Crippen LogP contribution is -2.16. The minimum Gasteiger partial charge on any atom is -0.508 e. The molecule has 0 aliphatic carbocycles. The summed E-state index contributed by atoms with van der Waals surface area (Å²) in [6.07, 6.45) is 0. The zero-order valence-electron chi connectivity index (χ0n) is 13.9. The van der Waals surface area contributed by atoms with E-state index in [1.165, 1.54) is 36.4 Å². The molecule has 0 fully saturated rings. The molecule has 8 heteroatoms. The Labute approximate surface area is 159 Å². The predicted octanol–water partition coefficient (Wildman–Crippen LogP) is 4.87. The van der Waals surface area contributed by atoms with E-state index in [0.29, 0.717) is 22.9 Å². The number of non-ortho nitro benzene ring substituents is 1. The van der Waals surface area contributed by atoms with Crippen molar-refractivity contribution in [2.45, 2.75) is 0 Å². The molecular weight excluding hydrogens is 368 g/mol. The zero-order valence-corrected chi connectivity index (χ0v) is 14.7. The first-order valence-corrected chi connectivity index (χ1v) is 8.21. The molecule has 0 spiro atoms. The SMILES string of the molecule is O=[N+]([O-])c1ccc(Oc2ccc(NC(=S)Oc3ccc(O)cc3)cc2)cc1. The molecule has 0 radical (unpaired) electrons. The molecule has 0 saturated heterocycles. The molecule has 0 aromatic heterocycles. The molecule has 3 rings (SSSR count). The Morgan fingerprint density at radius 3 is 1.96 bits per heavy atom. The average molecular weight is 382 g/mol. The lowest BCUT2D eigenvalue weighted by Gasteiger charge is -2.10. The Hall–Kier alpha value is -3.65. The van der Waals surface area contributed by atoms with Crippen molar-refractivity contribution in [3.63, 3.8) is 0 Å². The van der Waals surface area contributed by atoms with Gasteiger partial charge in [0.25, 0.3) is 10.9 Å². The fourth-order valence-electron chi connectivity index (χ4n) is 2.14. The van der Waals surface area contributed by atoms with Crippen molar-refractivity contribution >= 4 is 28.8 Å². The normalized spacial score (nSPS) is 10.1. The van der Waals surface area contributed by atoms with Crippen LogP contribution in [0.15, 0.2) is 72.8 Å². The molecule has 0 atom stereocenters. The van der Waals surface area contributed by atoms with Gasteiger partial charge in [0.2, 0.25) is 0 Å². The number of ether oxygens (including phenoxy) is 2. The molecule has 0 aliphatic heterocycles. The lowest BCUT2D eigenvalue weighted by molar-refractivity contribution is -0.384. The highest BCUT2D eigenvalue weighted by Crippen LogP contribution is 2.25. The number of hydrogen-bond donors (Lipinski definition) is 2. The number of anilines is 1. The topological polar surface area (TPSA) is 93.9 Å². The summed E-state index contributed by atoms with van der Waals surface area (Å²) < 4.78 is 11.1. The number of nitrogens with zero attached hydrogens (tertiary/aromatic N) is 1. The average Bonchev–Trinajstić information content (AvgIpc) is 2.66. The van der Waals surface area contributed by atoms with Crippen LogP contribution in [-0.2, 0) is 0 Å². The molecule has 136 valence electrons. The highest BCUT2D eigenvalue weighted by Gasteiger charge is 2.06. The van der Waals surface area contributed by atoms with Crippen LogP contribution in [0.2, 0.25) is 0 Å². The summed E-state index contributed by atoms with van der Waals surface area (Å²) >= 11 is 5.14. The van der Waals surface area contributed by atoms with Gasteiger partial charge in [-0.25, -0.2) is 0 Å². The van der Waals surface area contributed by atoms with Gasteiger partial charge in [-0.2, -0.15) is 0 Å². The van der Waals surface area contributed by atoms with E-state index in [9.17, 15) is 15.2 Å². The third kappa shape index (κ3) is 5.16. The van der Waals surface area contributed by atoms with E-state index < -0.39 is 4.92 Å². The van der Waals surface area contributed by atoms with Crippen LogP contribution in [0.5, 0.6) is 23.0 Å². The monoisotopic (exact) mass is 382 g/mol. The van der Waals surface area contributed by atoms with E-state index in [-0.39, 0.29) is 16.6 Å². The summed E-state index contributed by atoms with van der Waals surface area (Å²) in [7, 11) is 0. The predicted molar refractivity (Wildman–Crippen MR) is 105 cm³/mol. The molecule has 0 unspecified atom stereocenters. The summed E-state index contributed by atoms with van der Waals surface area (Å²) in [5.41, 5.74) is 0.707. The third-order valence-corrected chi connectivity index (χ3v) is 3.62. The van der Waals surface area contributed by atoms with Gasteiger partial charge >= 0.3 is 0 Å². The summed E-state index contributed by atoms with van der Waals surface area (Å²) in [5.74, 6) is 1.71. The van der Waals surface area contributed by atoms with E-state index in [2.05, 4.69) is 5.32 Å². The third-order valence-electron chi connectivity index (χ3n) is 3.43. The van der Waals surface area contributed by atoms with E-state index in [4.69, 9.17) is 21.7 Å². The molecule has 0 bridgehead atoms. The van der Waals surface area contributed by atoms with E-state index in [0.717, 1.165) is 0 Å². The highest BCUT2D eigenvalue weighted by atomic mass is 32.1. The number of aromatic hydroxyl groups is 1. The van der Waals surface area contributed by atoms with E-state index in [1.807, 2.05) is 0 Å². The van der Waals surface area contributed by atoms with Gasteiger partial charge in [-0.15, -0.1) is 0 Å². The fraction of sp³-hybridized carbons (Fsp3) is 0. The van der Waals surface area contributed by atoms with Crippen LogP contribution in [0.3, 0.4) is 0 Å². The number of nitrogens with one attached hydrogen (secondary N) is 1. The minimum atomic E-state index is -0.465. The number of thiocarbonyl (C=S) groups is 1. The van der Waals surface area contributed by atoms with Crippen molar-refractivity contribution in [1.29, 1.82) is 0 Å². The molecule has 3 aromatic rings. The Balaban J connectivity index is 1.57. The number of rotatable bonds is 5. The Kier molecular flexibility index (Phi) is 5.48. The molecule has 2 N–H and O–H groups in total. The number of phenols is 1. The standard InChI is InChI=1S/C19H14N2O5S/c22-15-5-11-18(12-6-15)26-19(27)20-13-1-7-16(8-2-13)25-17-9-3-14(4-10-17)21(23)24/h1-12,22H,(H,20,27). The van der Waals surface area contributed by atoms with Gasteiger partial charge in [-0.05, 0) is 72.9 Å². The van der Waals surface area contributed by atoms with Crippen molar-refractivity contribution in [3.8, 4) is 23.0 Å². The van der Waals surface area contributed by atoms with Gasteiger partial charge in [0.05, 0.1) is 4.92 Å². The molecule has 27 heavy (non-hydrogen) atoms. The zero-order chi connectivity index (χ0) is 19.2. The van der Waals surface area contributed by atoms with Crippen LogP contribution in [-0.4, -0.2) is 15.2 Å². The summed E-state index contributed by atoms with van der Waals surface area (Å²) in [6.45, 7) is 0. The summed E-state index contributed by atoms with van der Waals surface area (Å²) in [5, 5.41) is 23.0. The molecule has 0 amide bonds. The van der Waals surface area contributed by atoms with Crippen molar-refractivity contribution in [3.05, 3.63) is 82.9 Å². The maximum Gasteiger partial charge on any atom is 0.269 e. The number of phenolic OH excluding ortho intramolecular Hbond substituents is 1. The maximum atomic E-state index is 10.7. The number of benzene rings is 3. The van der Waals surface area contributed by atoms with Crippen LogP contribution >= 0.6 is 12.2 Å². The van der Waals surface area contributed by atoms with Gasteiger partial charge in [0.1, 0.15) is 23.0 Å². The lowest BCUT2D eigenvalue weighted by atomic mass is 10.3. The number of nitro groups is 1. The second-order valence-electron chi connectivity index (χ2n) is 5.39. The van der Waals surface area contributed by atoms with Crippen LogP contribution in [0.4, 0.5) is 11.4 Å². The smallest absolute Gasteiger partial charge is 0.269 e. The molecule has 0 heterocycles. The quantitative estimate of drug-likeness (QED) is 0.369.